The fourth-order valence-electron chi connectivity index (χ4n) is 3.06. The molecule has 0 radical (unpaired) electrons. The highest BCUT2D eigenvalue weighted by molar-refractivity contribution is 5.70. The van der Waals surface area contributed by atoms with Crippen LogP contribution in [0.15, 0.2) is 79.1 Å². The van der Waals surface area contributed by atoms with Crippen LogP contribution in [0.5, 0.6) is 23.0 Å². The van der Waals surface area contributed by atoms with Gasteiger partial charge in [-0.15, -0.1) is 0 Å². The Bertz CT molecular complexity index is 1090. The Balaban J connectivity index is 1.85. The number of para-hydroxylation sites is 1. The van der Waals surface area contributed by atoms with Crippen molar-refractivity contribution < 1.29 is 28.9 Å². The van der Waals surface area contributed by atoms with Crippen molar-refractivity contribution in [1.82, 2.24) is 5.48 Å². The summed E-state index contributed by atoms with van der Waals surface area (Å²) >= 11 is 0. The maximum Gasteiger partial charge on any atom is 0.307 e. The van der Waals surface area contributed by atoms with Crippen LogP contribution in [-0.2, 0) is 16.1 Å². The second-order valence-electron chi connectivity index (χ2n) is 7.45. The first-order chi connectivity index (χ1) is 15.9. The fraction of sp³-hybridized carbons (Fsp3) is 0.192. The summed E-state index contributed by atoms with van der Waals surface area (Å²) in [6, 6.07) is 22.0. The van der Waals surface area contributed by atoms with E-state index in [9.17, 15) is 4.79 Å². The molecule has 2 N–H and O–H groups in total. The summed E-state index contributed by atoms with van der Waals surface area (Å²) in [4.78, 5) is 16.3. The second kappa shape index (κ2) is 11.6. The molecular weight excluding hydrogens is 422 g/mol. The molecule has 0 fully saturated rings. The van der Waals surface area contributed by atoms with Gasteiger partial charge in [0.25, 0.3) is 0 Å². The Morgan fingerprint density at radius 2 is 1.67 bits per heavy atom. The molecule has 33 heavy (non-hydrogen) atoms. The van der Waals surface area contributed by atoms with Gasteiger partial charge in [-0.1, -0.05) is 30.3 Å². The zero-order valence-electron chi connectivity index (χ0n) is 18.8. The standard InChI is InChI=1S/C26H27NO6/c1-18(2)32-24-13-19(14-26(28)29)12-23(16-24)31-17-25(27-30-3)20-8-7-11-22(15-20)33-21-9-5-4-6-10-21/h4-13,15-18,27H,14H2,1-3H3,(H,28,29). The summed E-state index contributed by atoms with van der Waals surface area (Å²) < 4.78 is 17.5. The van der Waals surface area contributed by atoms with Gasteiger partial charge in [0.05, 0.1) is 19.6 Å². The monoisotopic (exact) mass is 449 g/mol. The predicted octanol–water partition coefficient (Wildman–Crippen LogP) is 5.42. The lowest BCUT2D eigenvalue weighted by atomic mass is 10.1. The van der Waals surface area contributed by atoms with Crippen molar-refractivity contribution in [3.8, 4) is 23.0 Å². The molecule has 0 atom stereocenters. The minimum atomic E-state index is -0.935. The number of hydrogen-bond donors (Lipinski definition) is 2. The largest absolute Gasteiger partial charge is 0.491 e. The summed E-state index contributed by atoms with van der Waals surface area (Å²) in [5.41, 5.74) is 4.70. The molecule has 7 heteroatoms. The third-order valence-electron chi connectivity index (χ3n) is 4.32. The number of hydroxylamine groups is 1. The molecule has 0 saturated carbocycles. The van der Waals surface area contributed by atoms with Crippen LogP contribution in [0.2, 0.25) is 0 Å². The SMILES string of the molecule is CONC(=COc1cc(CC(=O)O)cc(OC(C)C)c1)c1cccc(Oc2ccccc2)c1. The van der Waals surface area contributed by atoms with E-state index in [1.54, 1.807) is 18.2 Å². The van der Waals surface area contributed by atoms with E-state index in [0.717, 1.165) is 11.3 Å². The third kappa shape index (κ3) is 7.59. The quantitative estimate of drug-likeness (QED) is 0.298. The number of hydrogen-bond acceptors (Lipinski definition) is 6. The first kappa shape index (κ1) is 23.7. The molecule has 0 aromatic heterocycles. The number of benzene rings is 3. The van der Waals surface area contributed by atoms with E-state index in [1.807, 2.05) is 68.4 Å². The van der Waals surface area contributed by atoms with Crippen LogP contribution in [-0.4, -0.2) is 24.3 Å². The lowest BCUT2D eigenvalue weighted by Gasteiger charge is -2.14. The van der Waals surface area contributed by atoms with Gasteiger partial charge in [-0.25, -0.2) is 0 Å². The zero-order valence-corrected chi connectivity index (χ0v) is 18.8. The summed E-state index contributed by atoms with van der Waals surface area (Å²) in [5.74, 6) is 1.42. The molecule has 172 valence electrons. The summed E-state index contributed by atoms with van der Waals surface area (Å²) in [7, 11) is 1.50. The normalized spacial score (nSPS) is 11.2. The van der Waals surface area contributed by atoms with E-state index in [4.69, 9.17) is 24.2 Å². The van der Waals surface area contributed by atoms with Gasteiger partial charge in [0.15, 0.2) is 0 Å². The Hall–Kier alpha value is -3.97. The van der Waals surface area contributed by atoms with Gasteiger partial charge >= 0.3 is 5.97 Å². The van der Waals surface area contributed by atoms with Gasteiger partial charge in [-0.2, -0.15) is 0 Å². The molecule has 0 aliphatic rings. The van der Waals surface area contributed by atoms with E-state index in [0.29, 0.717) is 28.5 Å². The van der Waals surface area contributed by atoms with Gasteiger partial charge in [-0.3, -0.25) is 15.1 Å². The molecular formula is C26H27NO6. The average Bonchev–Trinajstić information content (AvgIpc) is 2.76. The molecule has 0 amide bonds. The van der Waals surface area contributed by atoms with E-state index >= 15 is 0 Å². The first-order valence-corrected chi connectivity index (χ1v) is 10.4. The van der Waals surface area contributed by atoms with Crippen LogP contribution in [0.3, 0.4) is 0 Å². The Labute approximate surface area is 193 Å². The van der Waals surface area contributed by atoms with E-state index in [2.05, 4.69) is 5.48 Å². The minimum Gasteiger partial charge on any atom is -0.491 e. The van der Waals surface area contributed by atoms with Gasteiger partial charge in [0.2, 0.25) is 0 Å². The highest BCUT2D eigenvalue weighted by atomic mass is 16.6. The average molecular weight is 450 g/mol. The van der Waals surface area contributed by atoms with Crippen molar-refractivity contribution >= 4 is 11.7 Å². The highest BCUT2D eigenvalue weighted by Gasteiger charge is 2.10. The molecule has 0 saturated heterocycles. The minimum absolute atomic E-state index is 0.0634. The van der Waals surface area contributed by atoms with Gasteiger partial charge in [0, 0.05) is 11.6 Å². The van der Waals surface area contributed by atoms with Crippen LogP contribution < -0.4 is 19.7 Å². The molecule has 0 unspecified atom stereocenters. The fourth-order valence-corrected chi connectivity index (χ4v) is 3.06. The maximum atomic E-state index is 11.2. The Morgan fingerprint density at radius 3 is 2.36 bits per heavy atom. The Kier molecular flexibility index (Phi) is 8.32. The van der Waals surface area contributed by atoms with Crippen molar-refractivity contribution in [2.75, 3.05) is 7.11 Å². The second-order valence-corrected chi connectivity index (χ2v) is 7.45. The van der Waals surface area contributed by atoms with Crippen LogP contribution in [0.25, 0.3) is 5.70 Å². The van der Waals surface area contributed by atoms with Crippen molar-refractivity contribution in [2.45, 2.75) is 26.4 Å². The molecule has 0 aliphatic heterocycles. The lowest BCUT2D eigenvalue weighted by Crippen LogP contribution is -2.11. The third-order valence-corrected chi connectivity index (χ3v) is 4.32. The van der Waals surface area contributed by atoms with Crippen LogP contribution >= 0.6 is 0 Å². The molecule has 0 heterocycles. The van der Waals surface area contributed by atoms with E-state index in [1.165, 1.54) is 13.4 Å². The van der Waals surface area contributed by atoms with Gasteiger partial charge in [-0.05, 0) is 55.8 Å². The summed E-state index contributed by atoms with van der Waals surface area (Å²) in [6.07, 6.45) is 1.29. The molecule has 3 aromatic carbocycles. The van der Waals surface area contributed by atoms with E-state index < -0.39 is 5.97 Å². The number of nitrogens with one attached hydrogen (secondary N) is 1. The lowest BCUT2D eigenvalue weighted by molar-refractivity contribution is -0.136. The summed E-state index contributed by atoms with van der Waals surface area (Å²) in [6.45, 7) is 3.80. The number of rotatable bonds is 11. The number of ether oxygens (including phenoxy) is 3. The smallest absolute Gasteiger partial charge is 0.307 e. The van der Waals surface area contributed by atoms with Crippen LogP contribution in [0.4, 0.5) is 0 Å². The Morgan fingerprint density at radius 1 is 0.939 bits per heavy atom. The van der Waals surface area contributed by atoms with Crippen LogP contribution in [0, 0.1) is 0 Å². The van der Waals surface area contributed by atoms with Gasteiger partial charge < -0.3 is 19.3 Å². The number of carbonyl (C=O) groups is 1. The summed E-state index contributed by atoms with van der Waals surface area (Å²) in [5, 5.41) is 9.17. The molecule has 0 spiro atoms. The van der Waals surface area contributed by atoms with Crippen molar-refractivity contribution in [3.63, 3.8) is 0 Å². The van der Waals surface area contributed by atoms with Crippen LogP contribution in [0.1, 0.15) is 25.0 Å². The predicted molar refractivity (Wildman–Crippen MR) is 125 cm³/mol. The molecule has 0 bridgehead atoms. The van der Waals surface area contributed by atoms with Crippen molar-refractivity contribution in [2.24, 2.45) is 0 Å². The van der Waals surface area contributed by atoms with Crippen molar-refractivity contribution in [1.29, 1.82) is 0 Å². The zero-order chi connectivity index (χ0) is 23.6. The number of carboxylic acids is 1. The highest BCUT2D eigenvalue weighted by Crippen LogP contribution is 2.27. The first-order valence-electron chi connectivity index (χ1n) is 10.4. The molecule has 3 rings (SSSR count). The number of carboxylic acid groups (broad SMARTS) is 1. The van der Waals surface area contributed by atoms with Crippen molar-refractivity contribution in [3.05, 3.63) is 90.2 Å². The molecule has 7 nitrogen and oxygen atoms in total. The maximum absolute atomic E-state index is 11.2. The van der Waals surface area contributed by atoms with E-state index in [-0.39, 0.29) is 12.5 Å². The molecule has 3 aromatic rings. The topological polar surface area (TPSA) is 86.3 Å². The molecule has 0 aliphatic carbocycles. The van der Waals surface area contributed by atoms with Gasteiger partial charge in [0.1, 0.15) is 35.0 Å². The number of aliphatic carboxylic acids is 1.